The van der Waals surface area contributed by atoms with Crippen LogP contribution in [0.4, 0.5) is 10.5 Å². The summed E-state index contributed by atoms with van der Waals surface area (Å²) in [7, 11) is 0. The van der Waals surface area contributed by atoms with E-state index < -0.39 is 11.9 Å². The molecule has 2 aromatic rings. The van der Waals surface area contributed by atoms with Crippen LogP contribution < -0.4 is 26.8 Å². The molecule has 1 aliphatic rings. The summed E-state index contributed by atoms with van der Waals surface area (Å²) < 4.78 is 11.6. The number of para-hydroxylation sites is 1. The predicted molar refractivity (Wildman–Crippen MR) is 104 cm³/mol. The van der Waals surface area contributed by atoms with Gasteiger partial charge in [0.1, 0.15) is 10.6 Å². The van der Waals surface area contributed by atoms with Crippen molar-refractivity contribution in [1.29, 1.82) is 0 Å². The van der Waals surface area contributed by atoms with Gasteiger partial charge >= 0.3 is 6.03 Å². The van der Waals surface area contributed by atoms with Crippen LogP contribution in [-0.4, -0.2) is 44.3 Å². The maximum Gasteiger partial charge on any atom is 0.316 e. The number of amides is 3. The van der Waals surface area contributed by atoms with Crippen LogP contribution in [0, 0.1) is 0 Å². The van der Waals surface area contributed by atoms with Crippen molar-refractivity contribution < 1.29 is 19.1 Å². The molecule has 144 valence electrons. The normalized spacial score (nSPS) is 16.7. The van der Waals surface area contributed by atoms with E-state index in [1.165, 1.54) is 11.3 Å². The smallest absolute Gasteiger partial charge is 0.316 e. The summed E-state index contributed by atoms with van der Waals surface area (Å²) in [5.41, 5.74) is 11.7. The summed E-state index contributed by atoms with van der Waals surface area (Å²) in [6.45, 7) is 2.91. The molecule has 1 unspecified atom stereocenters. The number of anilines is 1. The van der Waals surface area contributed by atoms with Gasteiger partial charge in [-0.3, -0.25) is 4.79 Å². The Morgan fingerprint density at radius 3 is 2.85 bits per heavy atom. The highest BCUT2D eigenvalue weighted by Crippen LogP contribution is 2.39. The molecule has 3 rings (SSSR count). The number of urea groups is 1. The molecule has 3 amide bonds. The number of morpholine rings is 1. The van der Waals surface area contributed by atoms with Crippen molar-refractivity contribution in [2.24, 2.45) is 11.5 Å². The summed E-state index contributed by atoms with van der Waals surface area (Å²) in [4.78, 5) is 23.8. The number of thiophene rings is 1. The summed E-state index contributed by atoms with van der Waals surface area (Å²) in [5, 5.41) is 5.72. The standard InChI is InChI=1S/C18H22N4O4S/c19-17(23)16-13(22-18(20)24)9-15(27-16)12-3-1-2-4-14(12)26-7-5-11-10-21-6-8-25-11/h1-4,9,11,21H,5-8,10H2,(H2,19,23)(H3,20,22,24). The summed E-state index contributed by atoms with van der Waals surface area (Å²) in [6, 6.07) is 8.42. The van der Waals surface area contributed by atoms with Crippen LogP contribution in [0.5, 0.6) is 5.75 Å². The van der Waals surface area contributed by atoms with Gasteiger partial charge in [-0.15, -0.1) is 11.3 Å². The average molecular weight is 390 g/mol. The van der Waals surface area contributed by atoms with E-state index in [0.29, 0.717) is 24.7 Å². The van der Waals surface area contributed by atoms with E-state index in [9.17, 15) is 9.59 Å². The Balaban J connectivity index is 1.76. The van der Waals surface area contributed by atoms with E-state index in [1.54, 1.807) is 6.07 Å². The molecule has 1 aromatic heterocycles. The van der Waals surface area contributed by atoms with Crippen molar-refractivity contribution in [2.45, 2.75) is 12.5 Å². The van der Waals surface area contributed by atoms with Gasteiger partial charge in [-0.2, -0.15) is 0 Å². The monoisotopic (exact) mass is 390 g/mol. The number of ether oxygens (including phenoxy) is 2. The van der Waals surface area contributed by atoms with E-state index in [1.807, 2.05) is 24.3 Å². The van der Waals surface area contributed by atoms with Gasteiger partial charge in [0.2, 0.25) is 0 Å². The zero-order valence-corrected chi connectivity index (χ0v) is 15.5. The van der Waals surface area contributed by atoms with Crippen molar-refractivity contribution in [3.8, 4) is 16.2 Å². The quantitative estimate of drug-likeness (QED) is 0.573. The van der Waals surface area contributed by atoms with Crippen molar-refractivity contribution in [3.05, 3.63) is 35.2 Å². The summed E-state index contributed by atoms with van der Waals surface area (Å²) in [6.07, 6.45) is 0.910. The van der Waals surface area contributed by atoms with E-state index in [-0.39, 0.29) is 11.0 Å². The van der Waals surface area contributed by atoms with E-state index in [4.69, 9.17) is 20.9 Å². The highest BCUT2D eigenvalue weighted by Gasteiger charge is 2.18. The first kappa shape index (κ1) is 19.2. The maximum atomic E-state index is 11.7. The fourth-order valence-corrected chi connectivity index (χ4v) is 3.83. The molecule has 2 heterocycles. The first-order chi connectivity index (χ1) is 13.0. The van der Waals surface area contributed by atoms with Gasteiger partial charge in [-0.25, -0.2) is 4.79 Å². The van der Waals surface area contributed by atoms with Crippen LogP contribution in [0.15, 0.2) is 30.3 Å². The maximum absolute atomic E-state index is 11.7. The molecule has 0 aliphatic carbocycles. The van der Waals surface area contributed by atoms with Gasteiger partial charge in [-0.05, 0) is 18.2 Å². The second-order valence-electron chi connectivity index (χ2n) is 6.04. The topological polar surface area (TPSA) is 129 Å². The largest absolute Gasteiger partial charge is 0.493 e. The Bertz CT molecular complexity index is 817. The first-order valence-electron chi connectivity index (χ1n) is 8.59. The minimum Gasteiger partial charge on any atom is -0.493 e. The van der Waals surface area contributed by atoms with E-state index in [2.05, 4.69) is 10.6 Å². The molecule has 1 fully saturated rings. The van der Waals surface area contributed by atoms with Crippen molar-refractivity contribution in [3.63, 3.8) is 0 Å². The highest BCUT2D eigenvalue weighted by atomic mass is 32.1. The number of primary amides is 2. The minimum atomic E-state index is -0.757. The molecule has 1 aliphatic heterocycles. The predicted octanol–water partition coefficient (Wildman–Crippen LogP) is 1.76. The number of carbonyl (C=O) groups excluding carboxylic acids is 2. The number of rotatable bonds is 7. The van der Waals surface area contributed by atoms with Gasteiger partial charge in [0.15, 0.2) is 0 Å². The molecule has 8 nitrogen and oxygen atoms in total. The number of hydrogen-bond acceptors (Lipinski definition) is 6. The number of carbonyl (C=O) groups is 2. The van der Waals surface area contributed by atoms with Crippen LogP contribution in [0.2, 0.25) is 0 Å². The van der Waals surface area contributed by atoms with Crippen LogP contribution in [0.3, 0.4) is 0 Å². The SMILES string of the molecule is NC(=O)Nc1cc(-c2ccccc2OCCC2CNCCO2)sc1C(N)=O. The molecular weight excluding hydrogens is 368 g/mol. The lowest BCUT2D eigenvalue weighted by atomic mass is 10.1. The molecule has 0 saturated carbocycles. The summed E-state index contributed by atoms with van der Waals surface area (Å²) >= 11 is 1.18. The Morgan fingerprint density at radius 2 is 2.15 bits per heavy atom. The molecular formula is C18H22N4O4S. The Kier molecular flexibility index (Phi) is 6.28. The molecule has 0 radical (unpaired) electrons. The summed E-state index contributed by atoms with van der Waals surface area (Å²) in [5.74, 6) is 0.0551. The zero-order valence-electron chi connectivity index (χ0n) is 14.7. The minimum absolute atomic E-state index is 0.139. The lowest BCUT2D eigenvalue weighted by Crippen LogP contribution is -2.39. The Morgan fingerprint density at radius 1 is 1.33 bits per heavy atom. The van der Waals surface area contributed by atoms with E-state index >= 15 is 0 Å². The third-order valence-electron chi connectivity index (χ3n) is 4.07. The highest BCUT2D eigenvalue weighted by molar-refractivity contribution is 7.18. The lowest BCUT2D eigenvalue weighted by molar-refractivity contribution is 0.0159. The van der Waals surface area contributed by atoms with Gasteiger partial charge in [-0.1, -0.05) is 12.1 Å². The van der Waals surface area contributed by atoms with Gasteiger partial charge in [0.05, 0.1) is 25.0 Å². The van der Waals surface area contributed by atoms with Gasteiger partial charge in [0, 0.05) is 30.0 Å². The first-order valence-corrected chi connectivity index (χ1v) is 9.41. The molecule has 6 N–H and O–H groups in total. The fraction of sp³-hybridized carbons (Fsp3) is 0.333. The number of hydrogen-bond donors (Lipinski definition) is 4. The van der Waals surface area contributed by atoms with Crippen molar-refractivity contribution in [1.82, 2.24) is 5.32 Å². The average Bonchev–Trinajstić information content (AvgIpc) is 3.06. The van der Waals surface area contributed by atoms with Crippen LogP contribution >= 0.6 is 11.3 Å². The third kappa shape index (κ3) is 4.97. The molecule has 9 heteroatoms. The number of nitrogens with two attached hydrogens (primary N) is 2. The lowest BCUT2D eigenvalue weighted by Gasteiger charge is -2.23. The Hall–Kier alpha value is -2.62. The van der Waals surface area contributed by atoms with Crippen LogP contribution in [0.1, 0.15) is 16.1 Å². The number of benzene rings is 1. The molecule has 27 heavy (non-hydrogen) atoms. The second kappa shape index (κ2) is 8.85. The third-order valence-corrected chi connectivity index (χ3v) is 5.25. The van der Waals surface area contributed by atoms with Crippen molar-refractivity contribution in [2.75, 3.05) is 31.6 Å². The van der Waals surface area contributed by atoms with Crippen LogP contribution in [-0.2, 0) is 4.74 Å². The number of nitrogens with one attached hydrogen (secondary N) is 2. The molecule has 0 spiro atoms. The van der Waals surface area contributed by atoms with Crippen molar-refractivity contribution >= 4 is 29.0 Å². The van der Waals surface area contributed by atoms with Gasteiger partial charge in [0.25, 0.3) is 5.91 Å². The van der Waals surface area contributed by atoms with Gasteiger partial charge < -0.3 is 31.6 Å². The van der Waals surface area contributed by atoms with E-state index in [0.717, 1.165) is 30.0 Å². The zero-order chi connectivity index (χ0) is 19.2. The fourth-order valence-electron chi connectivity index (χ4n) is 2.83. The van der Waals surface area contributed by atoms with Crippen LogP contribution in [0.25, 0.3) is 10.4 Å². The molecule has 1 aromatic carbocycles. The Labute approximate surface area is 160 Å². The molecule has 1 saturated heterocycles. The molecule has 0 bridgehead atoms. The molecule has 1 atom stereocenters. The second-order valence-corrected chi connectivity index (χ2v) is 7.09.